The molecule has 0 aromatic carbocycles. The average molecular weight is 448 g/mol. The van der Waals surface area contributed by atoms with Gasteiger partial charge in [-0.25, -0.2) is 4.52 Å². The fourth-order valence-corrected chi connectivity index (χ4v) is 2.78. The summed E-state index contributed by atoms with van der Waals surface area (Å²) in [6.45, 7) is 0. The lowest BCUT2D eigenvalue weighted by Gasteiger charge is -2.00. The van der Waals surface area contributed by atoms with E-state index in [-0.39, 0.29) is 0 Å². The molecule has 0 aliphatic carbocycles. The van der Waals surface area contributed by atoms with Gasteiger partial charge in [0.2, 0.25) is 0 Å². The highest BCUT2D eigenvalue weighted by molar-refractivity contribution is 14.1. The summed E-state index contributed by atoms with van der Waals surface area (Å²) in [5, 5.41) is 8.38. The molecular weight excluding hydrogens is 442 g/mol. The molecule has 84 valence electrons. The molecule has 0 aliphatic heterocycles. The Morgan fingerprint density at radius 1 is 1.00 bits per heavy atom. The third-order valence-corrected chi connectivity index (χ3v) is 4.06. The number of rotatable bonds is 1. The minimum absolute atomic E-state index is 0.827. The summed E-state index contributed by atoms with van der Waals surface area (Å²) in [5.41, 5.74) is 2.69. The van der Waals surface area contributed by atoms with Crippen LogP contribution in [0.5, 0.6) is 0 Å². The summed E-state index contributed by atoms with van der Waals surface area (Å²) in [4.78, 5) is 4.37. The van der Waals surface area contributed by atoms with Crippen LogP contribution in [-0.4, -0.2) is 19.8 Å². The van der Waals surface area contributed by atoms with Crippen LogP contribution in [0, 0.1) is 7.27 Å². The fraction of sp³-hybridized carbons (Fsp3) is 0. The van der Waals surface area contributed by atoms with Crippen LogP contribution in [0.1, 0.15) is 0 Å². The minimum atomic E-state index is 0.827. The SMILES string of the molecule is Ic1cccnc1-c1nnn2c(I)cccc12. The van der Waals surface area contributed by atoms with Crippen molar-refractivity contribution in [2.75, 3.05) is 0 Å². The van der Waals surface area contributed by atoms with Gasteiger partial charge in [-0.05, 0) is 69.4 Å². The molecule has 0 aliphatic rings. The van der Waals surface area contributed by atoms with Crippen LogP contribution < -0.4 is 0 Å². The van der Waals surface area contributed by atoms with Gasteiger partial charge in [0, 0.05) is 9.77 Å². The second-order valence-electron chi connectivity index (χ2n) is 3.42. The highest BCUT2D eigenvalue weighted by Crippen LogP contribution is 2.25. The van der Waals surface area contributed by atoms with Crippen molar-refractivity contribution in [1.82, 2.24) is 19.8 Å². The lowest BCUT2D eigenvalue weighted by molar-refractivity contribution is 0.838. The van der Waals surface area contributed by atoms with E-state index in [1.807, 2.05) is 34.8 Å². The van der Waals surface area contributed by atoms with Crippen molar-refractivity contribution in [3.05, 3.63) is 43.8 Å². The first-order valence-electron chi connectivity index (χ1n) is 4.88. The molecule has 0 amide bonds. The number of nitrogens with zero attached hydrogens (tertiary/aromatic N) is 4. The van der Waals surface area contributed by atoms with Gasteiger partial charge >= 0.3 is 0 Å². The molecule has 3 aromatic rings. The number of hydrogen-bond acceptors (Lipinski definition) is 3. The molecule has 0 N–H and O–H groups in total. The first-order valence-corrected chi connectivity index (χ1v) is 7.04. The van der Waals surface area contributed by atoms with Gasteiger partial charge in [-0.2, -0.15) is 0 Å². The summed E-state index contributed by atoms with van der Waals surface area (Å²) in [5.74, 6) is 0. The third kappa shape index (κ3) is 1.92. The van der Waals surface area contributed by atoms with Gasteiger partial charge in [0.05, 0.1) is 5.52 Å². The van der Waals surface area contributed by atoms with Crippen molar-refractivity contribution in [2.24, 2.45) is 0 Å². The molecule has 0 radical (unpaired) electrons. The molecule has 3 aromatic heterocycles. The lowest BCUT2D eigenvalue weighted by atomic mass is 10.2. The van der Waals surface area contributed by atoms with Crippen LogP contribution in [0.2, 0.25) is 0 Å². The second-order valence-corrected chi connectivity index (χ2v) is 5.68. The smallest absolute Gasteiger partial charge is 0.140 e. The zero-order chi connectivity index (χ0) is 11.8. The molecule has 0 fully saturated rings. The zero-order valence-corrected chi connectivity index (χ0v) is 12.8. The molecular formula is C11H6I2N4. The summed E-state index contributed by atoms with van der Waals surface area (Å²) < 4.78 is 3.93. The van der Waals surface area contributed by atoms with Crippen molar-refractivity contribution < 1.29 is 0 Å². The fourth-order valence-electron chi connectivity index (χ4n) is 1.61. The molecule has 0 saturated carbocycles. The van der Waals surface area contributed by atoms with Crippen molar-refractivity contribution in [2.45, 2.75) is 0 Å². The van der Waals surface area contributed by atoms with Gasteiger partial charge in [0.25, 0.3) is 0 Å². The summed E-state index contributed by atoms with van der Waals surface area (Å²) in [6.07, 6.45) is 1.77. The Morgan fingerprint density at radius 2 is 1.88 bits per heavy atom. The van der Waals surface area contributed by atoms with Crippen molar-refractivity contribution in [3.63, 3.8) is 0 Å². The Labute approximate surface area is 125 Å². The Morgan fingerprint density at radius 3 is 2.71 bits per heavy atom. The van der Waals surface area contributed by atoms with E-state index in [4.69, 9.17) is 0 Å². The zero-order valence-electron chi connectivity index (χ0n) is 8.51. The highest BCUT2D eigenvalue weighted by Gasteiger charge is 2.13. The maximum atomic E-state index is 4.37. The van der Waals surface area contributed by atoms with E-state index in [1.165, 1.54) is 0 Å². The summed E-state index contributed by atoms with van der Waals surface area (Å²) >= 11 is 4.50. The molecule has 0 unspecified atom stereocenters. The normalized spacial score (nSPS) is 10.9. The van der Waals surface area contributed by atoms with Gasteiger partial charge < -0.3 is 0 Å². The van der Waals surface area contributed by atoms with E-state index in [1.54, 1.807) is 6.20 Å². The first kappa shape index (κ1) is 11.3. The Kier molecular flexibility index (Phi) is 2.99. The van der Waals surface area contributed by atoms with E-state index < -0.39 is 0 Å². The van der Waals surface area contributed by atoms with Gasteiger partial charge in [0.15, 0.2) is 0 Å². The number of pyridine rings is 2. The monoisotopic (exact) mass is 448 g/mol. The van der Waals surface area contributed by atoms with Crippen molar-refractivity contribution in [3.8, 4) is 11.4 Å². The van der Waals surface area contributed by atoms with Crippen molar-refractivity contribution in [1.29, 1.82) is 0 Å². The topological polar surface area (TPSA) is 43.1 Å². The molecule has 3 rings (SSSR count). The quantitative estimate of drug-likeness (QED) is 0.425. The molecule has 0 spiro atoms. The molecule has 4 nitrogen and oxygen atoms in total. The Hall–Kier alpha value is -0.770. The predicted molar refractivity (Wildman–Crippen MR) is 81.7 cm³/mol. The van der Waals surface area contributed by atoms with E-state index in [2.05, 4.69) is 60.5 Å². The number of hydrogen-bond donors (Lipinski definition) is 0. The Balaban J connectivity index is 2.33. The molecule has 0 bridgehead atoms. The minimum Gasteiger partial charge on any atom is -0.253 e. The molecule has 0 atom stereocenters. The molecule has 6 heteroatoms. The second kappa shape index (κ2) is 4.48. The van der Waals surface area contributed by atoms with E-state index in [0.29, 0.717) is 0 Å². The van der Waals surface area contributed by atoms with E-state index in [0.717, 1.165) is 24.2 Å². The number of halogens is 2. The lowest BCUT2D eigenvalue weighted by Crippen LogP contribution is -1.92. The van der Waals surface area contributed by atoms with E-state index in [9.17, 15) is 0 Å². The average Bonchev–Trinajstić information content (AvgIpc) is 2.75. The van der Waals surface area contributed by atoms with Crippen LogP contribution in [0.3, 0.4) is 0 Å². The van der Waals surface area contributed by atoms with Gasteiger partial charge in [-0.3, -0.25) is 4.98 Å². The molecule has 0 saturated heterocycles. The largest absolute Gasteiger partial charge is 0.253 e. The van der Waals surface area contributed by atoms with Crippen LogP contribution >= 0.6 is 45.2 Å². The number of aromatic nitrogens is 4. The Bertz CT molecular complexity index is 693. The van der Waals surface area contributed by atoms with Gasteiger partial charge in [-0.15, -0.1) is 5.10 Å². The predicted octanol–water partition coefficient (Wildman–Crippen LogP) is 3.00. The first-order chi connectivity index (χ1) is 8.27. The van der Waals surface area contributed by atoms with Crippen LogP contribution in [0.15, 0.2) is 36.5 Å². The van der Waals surface area contributed by atoms with Gasteiger partial charge in [-0.1, -0.05) is 11.3 Å². The molecule has 3 heterocycles. The summed E-state index contributed by atoms with van der Waals surface area (Å²) in [7, 11) is 0. The highest BCUT2D eigenvalue weighted by atomic mass is 127. The van der Waals surface area contributed by atoms with Crippen molar-refractivity contribution >= 4 is 50.7 Å². The third-order valence-electron chi connectivity index (χ3n) is 2.38. The standard InChI is InChI=1S/C11H6I2N4/c12-7-3-2-6-14-10(7)11-8-4-1-5-9(13)17(8)16-15-11/h1-6H. The summed E-state index contributed by atoms with van der Waals surface area (Å²) in [6, 6.07) is 9.93. The van der Waals surface area contributed by atoms with Crippen LogP contribution in [-0.2, 0) is 0 Å². The number of fused-ring (bicyclic) bond motifs is 1. The van der Waals surface area contributed by atoms with Crippen LogP contribution in [0.25, 0.3) is 16.9 Å². The maximum absolute atomic E-state index is 4.37. The van der Waals surface area contributed by atoms with E-state index >= 15 is 0 Å². The van der Waals surface area contributed by atoms with Crippen LogP contribution in [0.4, 0.5) is 0 Å². The maximum Gasteiger partial charge on any atom is 0.140 e. The molecule has 17 heavy (non-hydrogen) atoms. The van der Waals surface area contributed by atoms with Gasteiger partial charge in [0.1, 0.15) is 15.1 Å².